The number of fused-ring (bicyclic) bond motifs is 12. The zero-order valence-electron chi connectivity index (χ0n) is 38.0. The Morgan fingerprint density at radius 1 is 0.741 bits per heavy atom. The van der Waals surface area contributed by atoms with E-state index >= 15 is 0 Å². The molecule has 0 spiro atoms. The number of para-hydroxylation sites is 2. The normalized spacial score (nSPS) is 22.8. The highest BCUT2D eigenvalue weighted by molar-refractivity contribution is 7.00. The summed E-state index contributed by atoms with van der Waals surface area (Å²) in [5.41, 5.74) is 17.1. The van der Waals surface area contributed by atoms with Gasteiger partial charge in [-0.1, -0.05) is 131 Å². The van der Waals surface area contributed by atoms with Crippen molar-refractivity contribution in [3.63, 3.8) is 0 Å². The lowest BCUT2D eigenvalue weighted by atomic mass is 9.33. The van der Waals surface area contributed by atoms with E-state index in [2.05, 4.69) is 159 Å². The Morgan fingerprint density at radius 3 is 2.29 bits per heavy atom. The fraction of sp³-hybridized carbons (Fsp3) is 0.308. The van der Waals surface area contributed by atoms with E-state index in [9.17, 15) is 0 Å². The van der Waals surface area contributed by atoms with Crippen molar-refractivity contribution in [1.82, 2.24) is 4.57 Å². The lowest BCUT2D eigenvalue weighted by molar-refractivity contribution is 0.195. The van der Waals surface area contributed by atoms with Gasteiger partial charge in [0.1, 0.15) is 5.76 Å². The molecule has 4 nitrogen and oxygen atoms in total. The van der Waals surface area contributed by atoms with Gasteiger partial charge in [-0.2, -0.15) is 0 Å². The molecule has 7 aromatic rings. The van der Waals surface area contributed by atoms with E-state index in [1.807, 2.05) is 13.0 Å². The van der Waals surface area contributed by atoms with Gasteiger partial charge in [-0.3, -0.25) is 4.90 Å². The second-order valence-corrected chi connectivity index (χ2v) is 25.0. The Bertz CT molecular complexity index is 3070. The highest BCUT2D eigenvalue weighted by atomic mass is 28.3. The topological polar surface area (TPSA) is 24.6 Å². The van der Waals surface area contributed by atoms with Gasteiger partial charge in [-0.05, 0) is 103 Å². The second kappa shape index (κ2) is 11.1. The zero-order chi connectivity index (χ0) is 42.3. The molecular weight excluding hydrogens is 721 g/mol. The average Bonchev–Trinajstić information content (AvgIpc) is 3.89. The maximum Gasteiger partial charge on any atom is 0.256 e. The zero-order valence-corrected chi connectivity index (χ0v) is 36.0. The second-order valence-electron chi connectivity index (χ2n) is 19.9. The molecule has 5 aliphatic rings. The first-order valence-electron chi connectivity index (χ1n) is 22.9. The van der Waals surface area contributed by atoms with Gasteiger partial charge >= 0.3 is 0 Å². The van der Waals surface area contributed by atoms with Crippen molar-refractivity contribution in [3.05, 3.63) is 131 Å². The van der Waals surface area contributed by atoms with Crippen LogP contribution in [-0.4, -0.2) is 24.9 Å². The maximum atomic E-state index is 8.72. The molecule has 2 aliphatic carbocycles. The quantitative estimate of drug-likeness (QED) is 0.167. The molecule has 0 amide bonds. The SMILES string of the molecule is [2H]C([2H])([2H])c1oc2c(c1C)B1c3c(cc(N4c5ccc([Si](C)(C)C)cc5C5(C)CCCCC45C)cc3-n3c4c(c5cccc1c53)C(C)(C)c1ccccc1-4)N2c1ccccc1. The van der Waals surface area contributed by atoms with Gasteiger partial charge in [0.2, 0.25) is 0 Å². The molecule has 2 aromatic heterocycles. The van der Waals surface area contributed by atoms with Crippen LogP contribution in [0.5, 0.6) is 0 Å². The van der Waals surface area contributed by atoms with Gasteiger partial charge in [-0.15, -0.1) is 0 Å². The fourth-order valence-electron chi connectivity index (χ4n) is 12.5. The third kappa shape index (κ3) is 4.03. The molecule has 1 fully saturated rings. The minimum absolute atomic E-state index is 0.0392. The summed E-state index contributed by atoms with van der Waals surface area (Å²) in [7, 11) is -1.60. The molecule has 58 heavy (non-hydrogen) atoms. The van der Waals surface area contributed by atoms with Gasteiger partial charge in [-0.25, -0.2) is 0 Å². The van der Waals surface area contributed by atoms with Crippen LogP contribution >= 0.6 is 0 Å². The number of anilines is 5. The number of aryl methyl sites for hydroxylation is 1. The minimum Gasteiger partial charge on any atom is -0.445 e. The molecule has 3 aliphatic heterocycles. The average molecular weight is 777 g/mol. The maximum absolute atomic E-state index is 8.72. The van der Waals surface area contributed by atoms with Gasteiger partial charge in [0.15, 0.2) is 5.88 Å². The molecule has 1 saturated carbocycles. The van der Waals surface area contributed by atoms with Crippen molar-refractivity contribution in [2.45, 2.75) is 103 Å². The first-order valence-corrected chi connectivity index (χ1v) is 24.9. The molecule has 0 radical (unpaired) electrons. The molecule has 2 unspecified atom stereocenters. The van der Waals surface area contributed by atoms with E-state index in [0.29, 0.717) is 11.4 Å². The van der Waals surface area contributed by atoms with Crippen LogP contribution in [0.3, 0.4) is 0 Å². The van der Waals surface area contributed by atoms with E-state index < -0.39 is 14.9 Å². The Hall–Kier alpha value is -5.20. The fourth-order valence-corrected chi connectivity index (χ4v) is 13.7. The third-order valence-corrected chi connectivity index (χ3v) is 17.7. The van der Waals surface area contributed by atoms with Crippen LogP contribution in [0.15, 0.2) is 108 Å². The summed E-state index contributed by atoms with van der Waals surface area (Å²) < 4.78 is 35.6. The van der Waals surface area contributed by atoms with Crippen LogP contribution in [0.4, 0.5) is 28.6 Å². The standard InChI is InChI=1S/C52H52BN3OSi/c1-31-32(2)57-49-45(31)53-40-23-17-21-37-44-48(36-20-13-14-22-38(36)50(44,3)4)55(47(37)40)43-29-34(28-42(46(43)53)54(49)33-18-11-10-12-19-33)56-41-25-24-35(58(7,8)9)30-39(41)51(5)26-15-16-27-52(51,56)6/h10-14,17-25,28-30H,15-16,26-27H2,1-9H3/i2D3. The van der Waals surface area contributed by atoms with Crippen LogP contribution in [0.25, 0.3) is 27.8 Å². The van der Waals surface area contributed by atoms with Crippen molar-refractivity contribution in [2.24, 2.45) is 0 Å². The number of furan rings is 1. The van der Waals surface area contributed by atoms with E-state index in [4.69, 9.17) is 8.53 Å². The largest absolute Gasteiger partial charge is 0.445 e. The molecule has 5 heterocycles. The van der Waals surface area contributed by atoms with E-state index in [-0.39, 0.29) is 28.8 Å². The predicted octanol–water partition coefficient (Wildman–Crippen LogP) is 11.0. The monoisotopic (exact) mass is 776 g/mol. The number of nitrogens with zero attached hydrogens (tertiary/aromatic N) is 3. The lowest BCUT2D eigenvalue weighted by Gasteiger charge is -2.50. The summed E-state index contributed by atoms with van der Waals surface area (Å²) in [4.78, 5) is 4.96. The number of hydrogen-bond donors (Lipinski definition) is 0. The molecule has 0 bridgehead atoms. The number of benzene rings is 5. The number of rotatable bonds is 3. The molecule has 0 saturated heterocycles. The van der Waals surface area contributed by atoms with E-state index in [0.717, 1.165) is 41.1 Å². The summed E-state index contributed by atoms with van der Waals surface area (Å²) >= 11 is 0. The number of hydrogen-bond acceptors (Lipinski definition) is 3. The molecule has 12 rings (SSSR count). The molecular formula is C52H52BN3OSi. The first kappa shape index (κ1) is 31.8. The summed E-state index contributed by atoms with van der Waals surface area (Å²) in [5.74, 6) is 0.664. The first-order chi connectivity index (χ1) is 29.0. The Kier molecular flexibility index (Phi) is 6.07. The van der Waals surface area contributed by atoms with Crippen molar-refractivity contribution in [2.75, 3.05) is 9.80 Å². The highest BCUT2D eigenvalue weighted by Crippen LogP contribution is 2.62. The minimum atomic E-state index is -2.42. The van der Waals surface area contributed by atoms with Crippen LogP contribution in [0.2, 0.25) is 19.6 Å². The van der Waals surface area contributed by atoms with Crippen LogP contribution in [0.1, 0.15) is 85.5 Å². The summed E-state index contributed by atoms with van der Waals surface area (Å²) in [6.07, 6.45) is 4.65. The van der Waals surface area contributed by atoms with E-state index in [1.165, 1.54) is 73.5 Å². The smallest absolute Gasteiger partial charge is 0.256 e. The van der Waals surface area contributed by atoms with Gasteiger partial charge in [0.25, 0.3) is 6.71 Å². The summed E-state index contributed by atoms with van der Waals surface area (Å²) in [5, 5.41) is 2.77. The Morgan fingerprint density at radius 2 is 1.50 bits per heavy atom. The summed E-state index contributed by atoms with van der Waals surface area (Å²) in [6.45, 7) is 16.5. The van der Waals surface area contributed by atoms with Crippen molar-refractivity contribution >= 4 is 75.9 Å². The number of aromatic nitrogens is 1. The van der Waals surface area contributed by atoms with Crippen LogP contribution in [0, 0.1) is 13.8 Å². The van der Waals surface area contributed by atoms with Crippen molar-refractivity contribution < 1.29 is 8.53 Å². The molecule has 2 atom stereocenters. The molecule has 0 N–H and O–H groups in total. The molecule has 6 heteroatoms. The predicted molar refractivity (Wildman–Crippen MR) is 248 cm³/mol. The Labute approximate surface area is 348 Å². The lowest BCUT2D eigenvalue weighted by Crippen LogP contribution is -2.61. The highest BCUT2D eigenvalue weighted by Gasteiger charge is 2.58. The van der Waals surface area contributed by atoms with E-state index in [1.54, 1.807) is 0 Å². The summed E-state index contributed by atoms with van der Waals surface area (Å²) in [6, 6.07) is 38.6. The third-order valence-electron chi connectivity index (χ3n) is 15.6. The van der Waals surface area contributed by atoms with Crippen LogP contribution < -0.4 is 31.4 Å². The molecule has 288 valence electrons. The van der Waals surface area contributed by atoms with Crippen LogP contribution in [-0.2, 0) is 10.8 Å². The Balaban J connectivity index is 1.25. The van der Waals surface area contributed by atoms with Gasteiger partial charge in [0, 0.05) is 59.8 Å². The molecule has 5 aromatic carbocycles. The van der Waals surface area contributed by atoms with Gasteiger partial charge in [0.05, 0.1) is 19.3 Å². The van der Waals surface area contributed by atoms with Crippen molar-refractivity contribution in [3.8, 4) is 16.9 Å². The van der Waals surface area contributed by atoms with Crippen molar-refractivity contribution in [1.29, 1.82) is 0 Å². The van der Waals surface area contributed by atoms with Gasteiger partial charge < -0.3 is 13.9 Å².